The molecule has 1 aromatic rings. The lowest BCUT2D eigenvalue weighted by atomic mass is 10.1. The van der Waals surface area contributed by atoms with Gasteiger partial charge in [-0.05, 0) is 23.3 Å². The first-order chi connectivity index (χ1) is 5.80. The highest BCUT2D eigenvalue weighted by Crippen LogP contribution is 2.12. The standard InChI is InChI=1S/C9H10OS2/c10-4-7-1-8(5-11)3-9(2-7)6-12/h1-4,11-12H,5-6H2. The van der Waals surface area contributed by atoms with Crippen molar-refractivity contribution < 1.29 is 4.79 Å². The summed E-state index contributed by atoms with van der Waals surface area (Å²) in [7, 11) is 0. The molecule has 1 aromatic carbocycles. The lowest BCUT2D eigenvalue weighted by Gasteiger charge is -2.01. The van der Waals surface area contributed by atoms with Crippen LogP contribution in [0.5, 0.6) is 0 Å². The van der Waals surface area contributed by atoms with Crippen LogP contribution in [0, 0.1) is 0 Å². The predicted octanol–water partition coefficient (Wildman–Crippen LogP) is 2.36. The summed E-state index contributed by atoms with van der Waals surface area (Å²) in [6.45, 7) is 0. The van der Waals surface area contributed by atoms with Gasteiger partial charge in [0.2, 0.25) is 0 Å². The number of carbonyl (C=O) groups is 1. The Hall–Kier alpha value is -0.410. The lowest BCUT2D eigenvalue weighted by molar-refractivity contribution is 0.112. The van der Waals surface area contributed by atoms with E-state index < -0.39 is 0 Å². The molecular weight excluding hydrogens is 188 g/mol. The van der Waals surface area contributed by atoms with Crippen LogP contribution in [-0.2, 0) is 11.5 Å². The van der Waals surface area contributed by atoms with Gasteiger partial charge in [-0.3, -0.25) is 4.79 Å². The van der Waals surface area contributed by atoms with Gasteiger partial charge in [-0.2, -0.15) is 25.3 Å². The highest BCUT2D eigenvalue weighted by molar-refractivity contribution is 7.79. The fraction of sp³-hybridized carbons (Fsp3) is 0.222. The second-order valence-electron chi connectivity index (χ2n) is 2.52. The van der Waals surface area contributed by atoms with E-state index in [1.165, 1.54) is 0 Å². The molecule has 0 bridgehead atoms. The van der Waals surface area contributed by atoms with Gasteiger partial charge in [0.05, 0.1) is 0 Å². The molecule has 3 heteroatoms. The van der Waals surface area contributed by atoms with Gasteiger partial charge in [0.15, 0.2) is 0 Å². The molecule has 0 spiro atoms. The van der Waals surface area contributed by atoms with Crippen LogP contribution in [0.3, 0.4) is 0 Å². The van der Waals surface area contributed by atoms with Crippen LogP contribution in [0.2, 0.25) is 0 Å². The first kappa shape index (κ1) is 9.68. The van der Waals surface area contributed by atoms with Gasteiger partial charge in [-0.15, -0.1) is 0 Å². The molecule has 0 aliphatic rings. The summed E-state index contributed by atoms with van der Waals surface area (Å²) in [5, 5.41) is 0. The molecule has 0 aromatic heterocycles. The first-order valence-electron chi connectivity index (χ1n) is 3.60. The fourth-order valence-corrected chi connectivity index (χ4v) is 1.41. The van der Waals surface area contributed by atoms with Crippen LogP contribution in [0.4, 0.5) is 0 Å². The third kappa shape index (κ3) is 2.29. The highest BCUT2D eigenvalue weighted by atomic mass is 32.1. The van der Waals surface area contributed by atoms with Crippen molar-refractivity contribution >= 4 is 31.5 Å². The summed E-state index contributed by atoms with van der Waals surface area (Å²) >= 11 is 8.28. The number of hydrogen-bond acceptors (Lipinski definition) is 3. The third-order valence-corrected chi connectivity index (χ3v) is 2.31. The van der Waals surface area contributed by atoms with Crippen molar-refractivity contribution in [1.29, 1.82) is 0 Å². The summed E-state index contributed by atoms with van der Waals surface area (Å²) in [6.07, 6.45) is 0.847. The van der Waals surface area contributed by atoms with Gasteiger partial charge >= 0.3 is 0 Å². The number of thiol groups is 2. The monoisotopic (exact) mass is 198 g/mol. The molecule has 0 radical (unpaired) electrons. The van der Waals surface area contributed by atoms with Gasteiger partial charge in [0.25, 0.3) is 0 Å². The second-order valence-corrected chi connectivity index (χ2v) is 3.15. The lowest BCUT2D eigenvalue weighted by Crippen LogP contribution is -1.88. The van der Waals surface area contributed by atoms with Gasteiger partial charge in [-0.1, -0.05) is 6.07 Å². The molecule has 0 heterocycles. The van der Waals surface area contributed by atoms with Crippen LogP contribution in [0.15, 0.2) is 18.2 Å². The maximum Gasteiger partial charge on any atom is 0.150 e. The summed E-state index contributed by atoms with van der Waals surface area (Å²) in [5.41, 5.74) is 2.82. The van der Waals surface area contributed by atoms with Crippen molar-refractivity contribution in [2.45, 2.75) is 11.5 Å². The molecule has 0 saturated heterocycles. The van der Waals surface area contributed by atoms with E-state index in [4.69, 9.17) is 0 Å². The first-order valence-corrected chi connectivity index (χ1v) is 4.86. The molecule has 0 saturated carbocycles. The number of hydrogen-bond donors (Lipinski definition) is 2. The normalized spacial score (nSPS) is 9.83. The number of rotatable bonds is 3. The van der Waals surface area contributed by atoms with E-state index in [9.17, 15) is 4.79 Å². The van der Waals surface area contributed by atoms with E-state index in [0.717, 1.165) is 17.4 Å². The molecule has 0 unspecified atom stereocenters. The largest absolute Gasteiger partial charge is 0.298 e. The van der Waals surface area contributed by atoms with Crippen molar-refractivity contribution in [3.63, 3.8) is 0 Å². The topological polar surface area (TPSA) is 17.1 Å². The molecule has 12 heavy (non-hydrogen) atoms. The van der Waals surface area contributed by atoms with Crippen molar-refractivity contribution in [3.8, 4) is 0 Å². The molecular formula is C9H10OS2. The molecule has 0 aliphatic heterocycles. The Balaban J connectivity index is 3.09. The summed E-state index contributed by atoms with van der Waals surface area (Å²) in [5.74, 6) is 1.31. The minimum absolute atomic E-state index is 0.655. The summed E-state index contributed by atoms with van der Waals surface area (Å²) in [4.78, 5) is 10.5. The van der Waals surface area contributed by atoms with Crippen molar-refractivity contribution in [3.05, 3.63) is 34.9 Å². The maximum absolute atomic E-state index is 10.5. The smallest absolute Gasteiger partial charge is 0.150 e. The Labute approximate surface area is 83.0 Å². The average molecular weight is 198 g/mol. The summed E-state index contributed by atoms with van der Waals surface area (Å²) in [6, 6.07) is 5.69. The minimum Gasteiger partial charge on any atom is -0.298 e. The third-order valence-electron chi connectivity index (χ3n) is 1.58. The van der Waals surface area contributed by atoms with E-state index in [2.05, 4.69) is 25.3 Å². The van der Waals surface area contributed by atoms with E-state index in [-0.39, 0.29) is 0 Å². The number of aldehydes is 1. The minimum atomic E-state index is 0.655. The molecule has 64 valence electrons. The van der Waals surface area contributed by atoms with Crippen LogP contribution < -0.4 is 0 Å². The van der Waals surface area contributed by atoms with E-state index in [1.54, 1.807) is 0 Å². The van der Waals surface area contributed by atoms with Crippen molar-refractivity contribution in [2.24, 2.45) is 0 Å². The quantitative estimate of drug-likeness (QED) is 0.563. The van der Waals surface area contributed by atoms with E-state index in [0.29, 0.717) is 17.1 Å². The highest BCUT2D eigenvalue weighted by Gasteiger charge is 1.97. The molecule has 0 fully saturated rings. The van der Waals surface area contributed by atoms with Gasteiger partial charge in [-0.25, -0.2) is 0 Å². The average Bonchev–Trinajstić information content (AvgIpc) is 2.16. The Morgan fingerprint density at radius 3 is 1.92 bits per heavy atom. The van der Waals surface area contributed by atoms with Crippen LogP contribution in [0.25, 0.3) is 0 Å². The fourth-order valence-electron chi connectivity index (χ4n) is 1.04. The number of benzene rings is 1. The van der Waals surface area contributed by atoms with Crippen LogP contribution in [-0.4, -0.2) is 6.29 Å². The molecule has 0 atom stereocenters. The SMILES string of the molecule is O=Cc1cc(CS)cc(CS)c1. The van der Waals surface area contributed by atoms with Crippen LogP contribution >= 0.6 is 25.3 Å². The van der Waals surface area contributed by atoms with Crippen molar-refractivity contribution in [1.82, 2.24) is 0 Å². The Morgan fingerprint density at radius 2 is 1.58 bits per heavy atom. The summed E-state index contributed by atoms with van der Waals surface area (Å²) < 4.78 is 0. The van der Waals surface area contributed by atoms with E-state index in [1.807, 2.05) is 18.2 Å². The zero-order chi connectivity index (χ0) is 8.97. The van der Waals surface area contributed by atoms with Gasteiger partial charge < -0.3 is 0 Å². The molecule has 1 rings (SSSR count). The second kappa shape index (κ2) is 4.58. The zero-order valence-electron chi connectivity index (χ0n) is 6.53. The zero-order valence-corrected chi connectivity index (χ0v) is 8.32. The molecule has 0 aliphatic carbocycles. The molecule has 0 amide bonds. The van der Waals surface area contributed by atoms with E-state index >= 15 is 0 Å². The van der Waals surface area contributed by atoms with Gasteiger partial charge in [0, 0.05) is 17.1 Å². The Bertz CT molecular complexity index is 262. The Morgan fingerprint density at radius 1 is 1.08 bits per heavy atom. The van der Waals surface area contributed by atoms with Crippen molar-refractivity contribution in [2.75, 3.05) is 0 Å². The number of carbonyl (C=O) groups excluding carboxylic acids is 1. The molecule has 1 nitrogen and oxygen atoms in total. The van der Waals surface area contributed by atoms with Gasteiger partial charge in [0.1, 0.15) is 6.29 Å². The predicted molar refractivity (Wildman–Crippen MR) is 57.2 cm³/mol. The maximum atomic E-state index is 10.5. The van der Waals surface area contributed by atoms with Crippen LogP contribution in [0.1, 0.15) is 21.5 Å². The Kier molecular flexibility index (Phi) is 3.69. The molecule has 0 N–H and O–H groups in total.